The van der Waals surface area contributed by atoms with Gasteiger partial charge in [-0.25, -0.2) is 4.39 Å². The van der Waals surface area contributed by atoms with E-state index in [2.05, 4.69) is 0 Å². The number of Topliss-reactive ketones (excluding diaryl/α,β-unsaturated/α-hetero) is 1. The standard InChI is InChI=1S/C9H9ClFNO/c10-4-3-9(13)6-1-2-7(11)8(12)5-6/h1-2,5H,3-4,12H2. The third kappa shape index (κ3) is 2.42. The highest BCUT2D eigenvalue weighted by atomic mass is 35.5. The zero-order valence-corrected chi connectivity index (χ0v) is 7.64. The summed E-state index contributed by atoms with van der Waals surface area (Å²) in [4.78, 5) is 11.2. The first-order chi connectivity index (χ1) is 6.15. The molecule has 70 valence electrons. The van der Waals surface area contributed by atoms with Crippen molar-refractivity contribution in [2.75, 3.05) is 11.6 Å². The Hall–Kier alpha value is -1.09. The lowest BCUT2D eigenvalue weighted by Crippen LogP contribution is -2.01. The Morgan fingerprint density at radius 2 is 2.23 bits per heavy atom. The van der Waals surface area contributed by atoms with Gasteiger partial charge in [0.2, 0.25) is 0 Å². The first-order valence-corrected chi connectivity index (χ1v) is 4.33. The molecule has 2 N–H and O–H groups in total. The zero-order chi connectivity index (χ0) is 9.84. The molecule has 4 heteroatoms. The zero-order valence-electron chi connectivity index (χ0n) is 6.89. The monoisotopic (exact) mass is 201 g/mol. The smallest absolute Gasteiger partial charge is 0.164 e. The highest BCUT2D eigenvalue weighted by Crippen LogP contribution is 2.13. The SMILES string of the molecule is Nc1cc(C(=O)CCCl)ccc1F. The third-order valence-corrected chi connectivity index (χ3v) is 1.83. The van der Waals surface area contributed by atoms with Crippen LogP contribution in [0.2, 0.25) is 0 Å². The maximum Gasteiger partial charge on any atom is 0.164 e. The summed E-state index contributed by atoms with van der Waals surface area (Å²) in [5, 5.41) is 0. The van der Waals surface area contributed by atoms with Gasteiger partial charge >= 0.3 is 0 Å². The summed E-state index contributed by atoms with van der Waals surface area (Å²) in [6.07, 6.45) is 0.243. The predicted molar refractivity (Wildman–Crippen MR) is 50.5 cm³/mol. The molecule has 0 aliphatic heterocycles. The summed E-state index contributed by atoms with van der Waals surface area (Å²) in [6, 6.07) is 3.90. The number of benzene rings is 1. The predicted octanol–water partition coefficient (Wildman–Crippen LogP) is 2.22. The summed E-state index contributed by atoms with van der Waals surface area (Å²) < 4.78 is 12.7. The van der Waals surface area contributed by atoms with Crippen LogP contribution in [0.3, 0.4) is 0 Å². The molecule has 2 nitrogen and oxygen atoms in total. The molecule has 0 heterocycles. The average Bonchev–Trinajstić information content (AvgIpc) is 2.10. The van der Waals surface area contributed by atoms with Gasteiger partial charge in [-0.2, -0.15) is 0 Å². The van der Waals surface area contributed by atoms with Crippen LogP contribution in [0.4, 0.5) is 10.1 Å². The normalized spacial score (nSPS) is 10.0. The molecule has 1 aromatic carbocycles. The van der Waals surface area contributed by atoms with Crippen LogP contribution < -0.4 is 5.73 Å². The molecule has 0 bridgehead atoms. The van der Waals surface area contributed by atoms with Crippen molar-refractivity contribution in [2.24, 2.45) is 0 Å². The van der Waals surface area contributed by atoms with E-state index in [9.17, 15) is 9.18 Å². The molecule has 0 saturated carbocycles. The van der Waals surface area contributed by atoms with Gasteiger partial charge < -0.3 is 5.73 Å². The Kier molecular flexibility index (Phi) is 3.25. The summed E-state index contributed by atoms with van der Waals surface area (Å²) in [5.41, 5.74) is 5.68. The molecule has 0 unspecified atom stereocenters. The molecule has 0 saturated heterocycles. The Labute approximate surface area is 80.5 Å². The van der Waals surface area contributed by atoms with Crippen LogP contribution in [0.25, 0.3) is 0 Å². The van der Waals surface area contributed by atoms with Crippen molar-refractivity contribution < 1.29 is 9.18 Å². The van der Waals surface area contributed by atoms with Crippen LogP contribution in [0.1, 0.15) is 16.8 Å². The van der Waals surface area contributed by atoms with Gasteiger partial charge in [0.05, 0.1) is 5.69 Å². The second-order valence-electron chi connectivity index (χ2n) is 2.60. The van der Waals surface area contributed by atoms with Crippen LogP contribution in [0, 0.1) is 5.82 Å². The Morgan fingerprint density at radius 1 is 1.54 bits per heavy atom. The van der Waals surface area contributed by atoms with Crippen LogP contribution >= 0.6 is 11.6 Å². The van der Waals surface area contributed by atoms with Crippen LogP contribution in [0.5, 0.6) is 0 Å². The number of alkyl halides is 1. The van der Waals surface area contributed by atoms with Gasteiger partial charge in [-0.1, -0.05) is 0 Å². The van der Waals surface area contributed by atoms with Gasteiger partial charge in [0.15, 0.2) is 5.78 Å². The summed E-state index contributed by atoms with van der Waals surface area (Å²) >= 11 is 5.39. The lowest BCUT2D eigenvalue weighted by Gasteiger charge is -2.00. The molecule has 0 radical (unpaired) electrons. The van der Waals surface area contributed by atoms with Gasteiger partial charge in [-0.05, 0) is 18.2 Å². The lowest BCUT2D eigenvalue weighted by atomic mass is 10.1. The number of carbonyl (C=O) groups is 1. The van der Waals surface area contributed by atoms with E-state index in [1.807, 2.05) is 0 Å². The molecule has 13 heavy (non-hydrogen) atoms. The van der Waals surface area contributed by atoms with Crippen molar-refractivity contribution in [3.05, 3.63) is 29.6 Å². The number of hydrogen-bond acceptors (Lipinski definition) is 2. The second kappa shape index (κ2) is 4.23. The number of carbonyl (C=O) groups excluding carboxylic acids is 1. The first kappa shape index (κ1) is 9.99. The maximum atomic E-state index is 12.7. The fraction of sp³-hybridized carbons (Fsp3) is 0.222. The fourth-order valence-electron chi connectivity index (χ4n) is 0.947. The maximum absolute atomic E-state index is 12.7. The third-order valence-electron chi connectivity index (χ3n) is 1.64. The summed E-state index contributed by atoms with van der Waals surface area (Å²) in [7, 11) is 0. The van der Waals surface area contributed by atoms with Gasteiger partial charge in [0.25, 0.3) is 0 Å². The molecule has 0 aliphatic rings. The van der Waals surface area contributed by atoms with Crippen molar-refractivity contribution in [1.29, 1.82) is 0 Å². The summed E-state index contributed by atoms with van der Waals surface area (Å²) in [5.74, 6) is -0.375. The van der Waals surface area contributed by atoms with Gasteiger partial charge in [-0.15, -0.1) is 11.6 Å². The first-order valence-electron chi connectivity index (χ1n) is 3.79. The number of hydrogen-bond donors (Lipinski definition) is 1. The van der Waals surface area contributed by atoms with Crippen molar-refractivity contribution in [1.82, 2.24) is 0 Å². The van der Waals surface area contributed by atoms with Crippen molar-refractivity contribution in [3.8, 4) is 0 Å². The average molecular weight is 202 g/mol. The minimum atomic E-state index is -0.512. The molecular formula is C9H9ClFNO. The van der Waals surface area contributed by atoms with E-state index in [1.165, 1.54) is 18.2 Å². The van der Waals surface area contributed by atoms with E-state index in [0.29, 0.717) is 5.56 Å². The van der Waals surface area contributed by atoms with E-state index in [-0.39, 0.29) is 23.8 Å². The molecule has 0 spiro atoms. The molecule has 0 amide bonds. The summed E-state index contributed by atoms with van der Waals surface area (Å²) in [6.45, 7) is 0. The van der Waals surface area contributed by atoms with Crippen LogP contribution in [-0.4, -0.2) is 11.7 Å². The van der Waals surface area contributed by atoms with E-state index in [0.717, 1.165) is 0 Å². The van der Waals surface area contributed by atoms with Crippen molar-refractivity contribution in [2.45, 2.75) is 6.42 Å². The van der Waals surface area contributed by atoms with Crippen molar-refractivity contribution in [3.63, 3.8) is 0 Å². The molecular weight excluding hydrogens is 193 g/mol. The molecule has 0 aliphatic carbocycles. The van der Waals surface area contributed by atoms with E-state index >= 15 is 0 Å². The number of nitrogens with two attached hydrogens (primary N) is 1. The molecule has 1 rings (SSSR count). The molecule has 1 aromatic rings. The Morgan fingerprint density at radius 3 is 2.77 bits per heavy atom. The number of ketones is 1. The number of nitrogen functional groups attached to an aromatic ring is 1. The van der Waals surface area contributed by atoms with E-state index in [1.54, 1.807) is 0 Å². The highest BCUT2D eigenvalue weighted by molar-refractivity contribution is 6.19. The fourth-order valence-corrected chi connectivity index (χ4v) is 1.12. The Bertz CT molecular complexity index is 327. The number of rotatable bonds is 3. The minimum absolute atomic E-state index is 0.0135. The number of halogens is 2. The van der Waals surface area contributed by atoms with E-state index < -0.39 is 5.82 Å². The second-order valence-corrected chi connectivity index (χ2v) is 2.98. The van der Waals surface area contributed by atoms with Crippen LogP contribution in [0.15, 0.2) is 18.2 Å². The van der Waals surface area contributed by atoms with E-state index in [4.69, 9.17) is 17.3 Å². The minimum Gasteiger partial charge on any atom is -0.396 e. The largest absolute Gasteiger partial charge is 0.396 e. The lowest BCUT2D eigenvalue weighted by molar-refractivity contribution is 0.0989. The topological polar surface area (TPSA) is 43.1 Å². The molecule has 0 aromatic heterocycles. The van der Waals surface area contributed by atoms with Gasteiger partial charge in [0, 0.05) is 17.9 Å². The van der Waals surface area contributed by atoms with Gasteiger partial charge in [-0.3, -0.25) is 4.79 Å². The Balaban J connectivity index is 2.90. The molecule has 0 fully saturated rings. The van der Waals surface area contributed by atoms with Crippen molar-refractivity contribution >= 4 is 23.1 Å². The quantitative estimate of drug-likeness (QED) is 0.463. The van der Waals surface area contributed by atoms with Gasteiger partial charge in [0.1, 0.15) is 5.82 Å². The highest BCUT2D eigenvalue weighted by Gasteiger charge is 2.06. The van der Waals surface area contributed by atoms with Crippen LogP contribution in [-0.2, 0) is 0 Å². The molecule has 0 atom stereocenters. The number of anilines is 1.